The summed E-state index contributed by atoms with van der Waals surface area (Å²) in [4.78, 5) is 16.0. The minimum absolute atomic E-state index is 0.123. The number of aromatic nitrogens is 2. The van der Waals surface area contributed by atoms with Crippen molar-refractivity contribution in [3.05, 3.63) is 63.6 Å². The molecule has 1 aliphatic rings. The van der Waals surface area contributed by atoms with Gasteiger partial charge >= 0.3 is 0 Å². The van der Waals surface area contributed by atoms with Gasteiger partial charge in [0.2, 0.25) is 0 Å². The molecule has 1 aliphatic heterocycles. The fourth-order valence-electron chi connectivity index (χ4n) is 1.98. The first-order valence-electron chi connectivity index (χ1n) is 5.69. The number of nitrogens with zero attached hydrogens (tertiary/aromatic N) is 3. The van der Waals surface area contributed by atoms with Gasteiger partial charge in [0.05, 0.1) is 13.1 Å². The van der Waals surface area contributed by atoms with Crippen LogP contribution in [0.4, 0.5) is 0 Å². The quantitative estimate of drug-likeness (QED) is 0.831. The summed E-state index contributed by atoms with van der Waals surface area (Å²) < 4.78 is 1.42. The van der Waals surface area contributed by atoms with Crippen molar-refractivity contribution in [3.63, 3.8) is 0 Å². The maximum Gasteiger partial charge on any atom is 0.267 e. The Morgan fingerprint density at radius 1 is 1.28 bits per heavy atom. The predicted molar refractivity (Wildman–Crippen MR) is 68.5 cm³/mol. The standard InChI is InChI=1S/C13H12N4O/c14-13-12-10(7-15-13)6-11(18)17(16-12)8-9-4-2-1-3-5-9/h1-6H,7-8H2,(H2,14,15). The lowest BCUT2D eigenvalue weighted by molar-refractivity contribution is 0.633. The monoisotopic (exact) mass is 240 g/mol. The molecule has 90 valence electrons. The molecule has 0 spiro atoms. The molecule has 1 aromatic carbocycles. The van der Waals surface area contributed by atoms with Crippen molar-refractivity contribution in [3.8, 4) is 0 Å². The molecule has 0 unspecified atom stereocenters. The number of fused-ring (bicyclic) bond motifs is 1. The molecule has 0 atom stereocenters. The molecule has 0 aliphatic carbocycles. The zero-order chi connectivity index (χ0) is 12.5. The first kappa shape index (κ1) is 10.7. The van der Waals surface area contributed by atoms with Gasteiger partial charge in [-0.05, 0) is 5.56 Å². The second-order valence-corrected chi connectivity index (χ2v) is 4.20. The Balaban J connectivity index is 2.01. The number of hydrogen-bond donors (Lipinski definition) is 1. The zero-order valence-corrected chi connectivity index (χ0v) is 9.71. The molecular formula is C13H12N4O. The first-order valence-corrected chi connectivity index (χ1v) is 5.69. The normalized spacial score (nSPS) is 13.2. The van der Waals surface area contributed by atoms with Crippen LogP contribution in [0.15, 0.2) is 46.2 Å². The number of nitrogens with two attached hydrogens (primary N) is 1. The van der Waals surface area contributed by atoms with Crippen molar-refractivity contribution in [1.29, 1.82) is 0 Å². The largest absolute Gasteiger partial charge is 0.382 e. The van der Waals surface area contributed by atoms with E-state index in [-0.39, 0.29) is 5.56 Å². The lowest BCUT2D eigenvalue weighted by Gasteiger charge is -2.06. The molecule has 0 bridgehead atoms. The van der Waals surface area contributed by atoms with E-state index in [0.717, 1.165) is 11.1 Å². The number of rotatable bonds is 2. The Morgan fingerprint density at radius 2 is 2.06 bits per heavy atom. The molecular weight excluding hydrogens is 228 g/mol. The third kappa shape index (κ3) is 1.79. The van der Waals surface area contributed by atoms with E-state index in [0.29, 0.717) is 24.6 Å². The van der Waals surface area contributed by atoms with Crippen LogP contribution >= 0.6 is 0 Å². The van der Waals surface area contributed by atoms with Crippen LogP contribution in [0.2, 0.25) is 0 Å². The van der Waals surface area contributed by atoms with E-state index >= 15 is 0 Å². The zero-order valence-electron chi connectivity index (χ0n) is 9.71. The van der Waals surface area contributed by atoms with Crippen LogP contribution in [0.1, 0.15) is 16.8 Å². The number of aliphatic imine (C=N–C) groups is 1. The molecule has 18 heavy (non-hydrogen) atoms. The number of amidine groups is 1. The molecule has 0 radical (unpaired) electrons. The van der Waals surface area contributed by atoms with E-state index in [1.165, 1.54) is 4.68 Å². The fourth-order valence-corrected chi connectivity index (χ4v) is 1.98. The second-order valence-electron chi connectivity index (χ2n) is 4.20. The van der Waals surface area contributed by atoms with E-state index in [9.17, 15) is 4.79 Å². The van der Waals surface area contributed by atoms with Crippen LogP contribution in [0.25, 0.3) is 0 Å². The van der Waals surface area contributed by atoms with Gasteiger partial charge in [0, 0.05) is 11.6 Å². The summed E-state index contributed by atoms with van der Waals surface area (Å²) in [6.07, 6.45) is 0. The van der Waals surface area contributed by atoms with Gasteiger partial charge in [-0.1, -0.05) is 30.3 Å². The summed E-state index contributed by atoms with van der Waals surface area (Å²) in [6.45, 7) is 0.899. The first-order chi connectivity index (χ1) is 8.74. The van der Waals surface area contributed by atoms with Gasteiger partial charge in [-0.3, -0.25) is 9.79 Å². The SMILES string of the molecule is NC1=NCc2cc(=O)n(Cc3ccccc3)nc21. The fraction of sp³-hybridized carbons (Fsp3) is 0.154. The van der Waals surface area contributed by atoms with Crippen LogP contribution in [0.3, 0.4) is 0 Å². The Labute approximate surface area is 104 Å². The van der Waals surface area contributed by atoms with E-state index in [4.69, 9.17) is 5.73 Å². The third-order valence-electron chi connectivity index (χ3n) is 2.91. The van der Waals surface area contributed by atoms with Crippen molar-refractivity contribution >= 4 is 5.84 Å². The molecule has 2 N–H and O–H groups in total. The van der Waals surface area contributed by atoms with E-state index in [2.05, 4.69) is 10.1 Å². The number of hydrogen-bond acceptors (Lipinski definition) is 4. The smallest absolute Gasteiger partial charge is 0.267 e. The molecule has 0 saturated heterocycles. The molecule has 0 amide bonds. The molecule has 0 saturated carbocycles. The van der Waals surface area contributed by atoms with Gasteiger partial charge < -0.3 is 5.73 Å². The van der Waals surface area contributed by atoms with Crippen molar-refractivity contribution in [2.75, 3.05) is 0 Å². The Morgan fingerprint density at radius 3 is 2.83 bits per heavy atom. The average Bonchev–Trinajstić information content (AvgIpc) is 2.73. The minimum atomic E-state index is -0.123. The topological polar surface area (TPSA) is 73.3 Å². The van der Waals surface area contributed by atoms with E-state index in [1.807, 2.05) is 30.3 Å². The molecule has 5 nitrogen and oxygen atoms in total. The molecule has 2 heterocycles. The van der Waals surface area contributed by atoms with Gasteiger partial charge in [0.15, 0.2) is 0 Å². The van der Waals surface area contributed by atoms with Crippen LogP contribution in [0, 0.1) is 0 Å². The van der Waals surface area contributed by atoms with Crippen LogP contribution in [-0.2, 0) is 13.1 Å². The summed E-state index contributed by atoms with van der Waals surface area (Å²) in [5.41, 5.74) is 8.07. The second kappa shape index (κ2) is 4.10. The molecule has 2 aromatic rings. The van der Waals surface area contributed by atoms with Crippen molar-refractivity contribution in [2.24, 2.45) is 10.7 Å². The van der Waals surface area contributed by atoms with Gasteiger partial charge in [0.1, 0.15) is 11.5 Å². The summed E-state index contributed by atoms with van der Waals surface area (Å²) in [7, 11) is 0. The van der Waals surface area contributed by atoms with Crippen LogP contribution < -0.4 is 11.3 Å². The predicted octanol–water partition coefficient (Wildman–Crippen LogP) is 0.510. The van der Waals surface area contributed by atoms with Crippen molar-refractivity contribution in [1.82, 2.24) is 9.78 Å². The molecule has 3 rings (SSSR count). The van der Waals surface area contributed by atoms with Gasteiger partial charge in [0.25, 0.3) is 5.56 Å². The van der Waals surface area contributed by atoms with Crippen molar-refractivity contribution < 1.29 is 0 Å². The highest BCUT2D eigenvalue weighted by Crippen LogP contribution is 2.11. The highest BCUT2D eigenvalue weighted by molar-refractivity contribution is 5.98. The van der Waals surface area contributed by atoms with Gasteiger partial charge in [-0.15, -0.1) is 0 Å². The van der Waals surface area contributed by atoms with Crippen molar-refractivity contribution in [2.45, 2.75) is 13.1 Å². The lowest BCUT2D eigenvalue weighted by Crippen LogP contribution is -2.27. The summed E-state index contributed by atoms with van der Waals surface area (Å²) in [5.74, 6) is 0.409. The van der Waals surface area contributed by atoms with Gasteiger partial charge in [-0.2, -0.15) is 5.10 Å². The Bertz CT molecular complexity index is 673. The molecule has 1 aromatic heterocycles. The number of benzene rings is 1. The summed E-state index contributed by atoms with van der Waals surface area (Å²) in [5, 5.41) is 4.28. The van der Waals surface area contributed by atoms with Gasteiger partial charge in [-0.25, -0.2) is 4.68 Å². The lowest BCUT2D eigenvalue weighted by atomic mass is 10.2. The highest BCUT2D eigenvalue weighted by atomic mass is 16.1. The Hall–Kier alpha value is -2.43. The van der Waals surface area contributed by atoms with E-state index in [1.54, 1.807) is 6.07 Å². The molecule has 0 fully saturated rings. The minimum Gasteiger partial charge on any atom is -0.382 e. The van der Waals surface area contributed by atoms with Crippen LogP contribution in [-0.4, -0.2) is 15.6 Å². The molecule has 5 heteroatoms. The summed E-state index contributed by atoms with van der Waals surface area (Å²) >= 11 is 0. The van der Waals surface area contributed by atoms with Crippen LogP contribution in [0.5, 0.6) is 0 Å². The average molecular weight is 240 g/mol. The Kier molecular flexibility index (Phi) is 2.44. The highest BCUT2D eigenvalue weighted by Gasteiger charge is 2.17. The third-order valence-corrected chi connectivity index (χ3v) is 2.91. The maximum absolute atomic E-state index is 11.9. The summed E-state index contributed by atoms with van der Waals surface area (Å²) in [6, 6.07) is 11.3. The van der Waals surface area contributed by atoms with E-state index < -0.39 is 0 Å². The maximum atomic E-state index is 11.9.